The number of carbonyl (C=O) groups is 1. The monoisotopic (exact) mass is 279 g/mol. The van der Waals surface area contributed by atoms with Gasteiger partial charge in [-0.1, -0.05) is 6.92 Å². The number of hydrogen-bond donors (Lipinski definition) is 1. The summed E-state index contributed by atoms with van der Waals surface area (Å²) in [6.45, 7) is 9.40. The largest absolute Gasteiger partial charge is 0.494 e. The normalized spacial score (nSPS) is 11.1. The van der Waals surface area contributed by atoms with Gasteiger partial charge < -0.3 is 14.7 Å². The number of carboxylic acids is 1. The van der Waals surface area contributed by atoms with Gasteiger partial charge in [-0.15, -0.1) is 0 Å². The number of nitrogens with zero attached hydrogens (tertiary/aromatic N) is 1. The molecule has 0 unspecified atom stereocenters. The highest BCUT2D eigenvalue weighted by Crippen LogP contribution is 2.12. The molecule has 0 amide bonds. The lowest BCUT2D eigenvalue weighted by atomic mass is 10.2. The summed E-state index contributed by atoms with van der Waals surface area (Å²) in [5.74, 6) is -0.190. The lowest BCUT2D eigenvalue weighted by molar-refractivity contribution is 0.0697. The molecule has 0 fully saturated rings. The molecule has 0 spiro atoms. The Labute approximate surface area is 121 Å². The second-order valence-corrected chi connectivity index (χ2v) is 5.16. The molecule has 0 radical (unpaired) electrons. The van der Waals surface area contributed by atoms with Crippen LogP contribution in [-0.2, 0) is 0 Å². The predicted molar refractivity (Wildman–Crippen MR) is 80.5 cm³/mol. The van der Waals surface area contributed by atoms with Gasteiger partial charge in [-0.3, -0.25) is 0 Å². The first-order valence-electron chi connectivity index (χ1n) is 7.24. The number of carboxylic acid groups (broad SMARTS) is 1. The van der Waals surface area contributed by atoms with E-state index >= 15 is 0 Å². The summed E-state index contributed by atoms with van der Waals surface area (Å²) in [7, 11) is 0. The van der Waals surface area contributed by atoms with Crippen LogP contribution >= 0.6 is 0 Å². The fourth-order valence-electron chi connectivity index (χ4n) is 2.07. The molecular weight excluding hydrogens is 254 g/mol. The van der Waals surface area contributed by atoms with Gasteiger partial charge in [0.15, 0.2) is 0 Å². The second-order valence-electron chi connectivity index (χ2n) is 5.16. The van der Waals surface area contributed by atoms with Crippen molar-refractivity contribution in [2.75, 3.05) is 19.7 Å². The van der Waals surface area contributed by atoms with Crippen molar-refractivity contribution in [3.8, 4) is 5.75 Å². The quantitative estimate of drug-likeness (QED) is 0.705. The third-order valence-electron chi connectivity index (χ3n) is 3.20. The Kier molecular flexibility index (Phi) is 7.09. The van der Waals surface area contributed by atoms with Gasteiger partial charge in [0.1, 0.15) is 5.75 Å². The van der Waals surface area contributed by atoms with Gasteiger partial charge in [-0.2, -0.15) is 0 Å². The Hall–Kier alpha value is -1.55. The Morgan fingerprint density at radius 3 is 2.40 bits per heavy atom. The average Bonchev–Trinajstić information content (AvgIpc) is 2.42. The zero-order valence-electron chi connectivity index (χ0n) is 12.6. The third-order valence-corrected chi connectivity index (χ3v) is 3.20. The number of hydrogen-bond acceptors (Lipinski definition) is 3. The first-order valence-corrected chi connectivity index (χ1v) is 7.24. The van der Waals surface area contributed by atoms with E-state index < -0.39 is 5.97 Å². The maximum Gasteiger partial charge on any atom is 0.335 e. The molecule has 0 bridgehead atoms. The van der Waals surface area contributed by atoms with Crippen molar-refractivity contribution in [2.24, 2.45) is 0 Å². The highest BCUT2D eigenvalue weighted by Gasteiger charge is 2.07. The van der Waals surface area contributed by atoms with Crippen molar-refractivity contribution in [1.29, 1.82) is 0 Å². The van der Waals surface area contributed by atoms with Gasteiger partial charge in [0.25, 0.3) is 0 Å². The predicted octanol–water partition coefficient (Wildman–Crippen LogP) is 3.27. The molecule has 0 saturated heterocycles. The van der Waals surface area contributed by atoms with Crippen LogP contribution in [0.2, 0.25) is 0 Å². The standard InChI is InChI=1S/C16H25NO3/c1-4-10-17(13(2)3)11-5-12-20-15-8-6-14(7-9-15)16(18)19/h6-9,13H,4-5,10-12H2,1-3H3,(H,18,19). The van der Waals surface area contributed by atoms with Crippen molar-refractivity contribution >= 4 is 5.97 Å². The van der Waals surface area contributed by atoms with E-state index in [0.29, 0.717) is 12.6 Å². The van der Waals surface area contributed by atoms with Crippen molar-refractivity contribution in [1.82, 2.24) is 4.90 Å². The minimum Gasteiger partial charge on any atom is -0.494 e. The van der Waals surface area contributed by atoms with E-state index in [2.05, 4.69) is 25.7 Å². The Morgan fingerprint density at radius 2 is 1.90 bits per heavy atom. The highest BCUT2D eigenvalue weighted by molar-refractivity contribution is 5.87. The Balaban J connectivity index is 2.31. The molecular formula is C16H25NO3. The molecule has 0 atom stereocenters. The number of rotatable bonds is 9. The summed E-state index contributed by atoms with van der Waals surface area (Å²) < 4.78 is 5.63. The molecule has 1 N–H and O–H groups in total. The molecule has 0 aromatic heterocycles. The van der Waals surface area contributed by atoms with Crippen LogP contribution in [0.5, 0.6) is 5.75 Å². The van der Waals surface area contributed by atoms with Gasteiger partial charge in [0, 0.05) is 12.6 Å². The Bertz CT molecular complexity index is 401. The van der Waals surface area contributed by atoms with Gasteiger partial charge in [-0.05, 0) is 57.5 Å². The van der Waals surface area contributed by atoms with Crippen LogP contribution in [0.4, 0.5) is 0 Å². The van der Waals surface area contributed by atoms with Crippen LogP contribution in [0.25, 0.3) is 0 Å². The van der Waals surface area contributed by atoms with Gasteiger partial charge in [0.2, 0.25) is 0 Å². The number of ether oxygens (including phenoxy) is 1. The van der Waals surface area contributed by atoms with E-state index in [0.717, 1.165) is 31.7 Å². The van der Waals surface area contributed by atoms with E-state index in [9.17, 15) is 4.79 Å². The fourth-order valence-corrected chi connectivity index (χ4v) is 2.07. The van der Waals surface area contributed by atoms with Crippen LogP contribution < -0.4 is 4.74 Å². The first kappa shape index (κ1) is 16.5. The molecule has 112 valence electrons. The molecule has 1 aromatic carbocycles. The van der Waals surface area contributed by atoms with Crippen molar-refractivity contribution in [2.45, 2.75) is 39.7 Å². The number of benzene rings is 1. The average molecular weight is 279 g/mol. The van der Waals surface area contributed by atoms with Crippen LogP contribution in [-0.4, -0.2) is 41.7 Å². The number of aromatic carboxylic acids is 1. The Morgan fingerprint density at radius 1 is 1.25 bits per heavy atom. The van der Waals surface area contributed by atoms with Crippen molar-refractivity contribution in [3.63, 3.8) is 0 Å². The summed E-state index contributed by atoms with van der Waals surface area (Å²) in [6.07, 6.45) is 2.13. The van der Waals surface area contributed by atoms with Gasteiger partial charge in [-0.25, -0.2) is 4.79 Å². The zero-order valence-corrected chi connectivity index (χ0v) is 12.6. The molecule has 0 aliphatic rings. The van der Waals surface area contributed by atoms with Crippen LogP contribution in [0.1, 0.15) is 44.0 Å². The molecule has 0 aliphatic heterocycles. The van der Waals surface area contributed by atoms with E-state index in [4.69, 9.17) is 9.84 Å². The van der Waals surface area contributed by atoms with Crippen molar-refractivity contribution < 1.29 is 14.6 Å². The van der Waals surface area contributed by atoms with E-state index in [1.54, 1.807) is 24.3 Å². The van der Waals surface area contributed by atoms with E-state index in [-0.39, 0.29) is 5.56 Å². The minimum absolute atomic E-state index is 0.284. The zero-order chi connectivity index (χ0) is 15.0. The molecule has 4 heteroatoms. The molecule has 1 rings (SSSR count). The summed E-state index contributed by atoms with van der Waals surface area (Å²) in [5, 5.41) is 8.81. The molecule has 0 aliphatic carbocycles. The minimum atomic E-state index is -0.913. The molecule has 0 heterocycles. The lowest BCUT2D eigenvalue weighted by Crippen LogP contribution is -2.33. The smallest absolute Gasteiger partial charge is 0.335 e. The van der Waals surface area contributed by atoms with E-state index in [1.807, 2.05) is 0 Å². The maximum absolute atomic E-state index is 10.7. The van der Waals surface area contributed by atoms with E-state index in [1.165, 1.54) is 0 Å². The molecule has 1 aromatic rings. The summed E-state index contributed by atoms with van der Waals surface area (Å²) in [5.41, 5.74) is 0.284. The fraction of sp³-hybridized carbons (Fsp3) is 0.562. The summed E-state index contributed by atoms with van der Waals surface area (Å²) in [4.78, 5) is 13.2. The van der Waals surface area contributed by atoms with Crippen LogP contribution in [0.3, 0.4) is 0 Å². The first-order chi connectivity index (χ1) is 9.54. The van der Waals surface area contributed by atoms with Crippen LogP contribution in [0.15, 0.2) is 24.3 Å². The topological polar surface area (TPSA) is 49.8 Å². The molecule has 4 nitrogen and oxygen atoms in total. The highest BCUT2D eigenvalue weighted by atomic mass is 16.5. The SMILES string of the molecule is CCCN(CCCOc1ccc(C(=O)O)cc1)C(C)C. The van der Waals surface area contributed by atoms with Gasteiger partial charge in [0.05, 0.1) is 12.2 Å². The maximum atomic E-state index is 10.7. The van der Waals surface area contributed by atoms with Crippen LogP contribution in [0, 0.1) is 0 Å². The van der Waals surface area contributed by atoms with Gasteiger partial charge >= 0.3 is 5.97 Å². The summed E-state index contributed by atoms with van der Waals surface area (Å²) in [6, 6.07) is 7.10. The summed E-state index contributed by atoms with van der Waals surface area (Å²) >= 11 is 0. The second kappa shape index (κ2) is 8.59. The lowest BCUT2D eigenvalue weighted by Gasteiger charge is -2.25. The molecule has 20 heavy (non-hydrogen) atoms. The van der Waals surface area contributed by atoms with Crippen molar-refractivity contribution in [3.05, 3.63) is 29.8 Å². The third kappa shape index (κ3) is 5.61. The molecule has 0 saturated carbocycles.